The number of methoxy groups -OCH3 is 1. The molecule has 1 amide bonds. The molecule has 0 aliphatic rings. The highest BCUT2D eigenvalue weighted by Gasteiger charge is 2.18. The van der Waals surface area contributed by atoms with Gasteiger partial charge in [-0.25, -0.2) is 0 Å². The summed E-state index contributed by atoms with van der Waals surface area (Å²) in [5.74, 6) is -0.811. The summed E-state index contributed by atoms with van der Waals surface area (Å²) < 4.78 is 18.5. The summed E-state index contributed by atoms with van der Waals surface area (Å²) in [5.41, 5.74) is 0.0765. The molecule has 24 heavy (non-hydrogen) atoms. The van der Waals surface area contributed by atoms with Gasteiger partial charge in [-0.15, -0.1) is 0 Å². The number of ether oxygens (including phenoxy) is 1. The first-order chi connectivity index (χ1) is 11.4. The molecule has 0 spiro atoms. The van der Waals surface area contributed by atoms with E-state index >= 15 is 0 Å². The highest BCUT2D eigenvalue weighted by atomic mass is 19.1. The minimum absolute atomic E-state index is 0.141. The number of para-hydroxylation sites is 2. The average molecular weight is 333 g/mol. The predicted octanol–water partition coefficient (Wildman–Crippen LogP) is 3.18. The van der Waals surface area contributed by atoms with E-state index < -0.39 is 28.4 Å². The first-order valence-corrected chi connectivity index (χ1v) is 7.06. The zero-order valence-corrected chi connectivity index (χ0v) is 13.1. The number of nitrogens with one attached hydrogen (secondary N) is 2. The lowest BCUT2D eigenvalue weighted by Gasteiger charge is -2.17. The molecule has 7 nitrogen and oxygen atoms in total. The van der Waals surface area contributed by atoms with Crippen LogP contribution in [0.5, 0.6) is 5.75 Å². The number of benzene rings is 2. The highest BCUT2D eigenvalue weighted by Crippen LogP contribution is 2.25. The molecule has 0 aliphatic heterocycles. The van der Waals surface area contributed by atoms with Crippen molar-refractivity contribution in [2.45, 2.75) is 13.0 Å². The number of nitrogens with zero attached hydrogens (tertiary/aromatic N) is 1. The lowest BCUT2D eigenvalue weighted by molar-refractivity contribution is -0.387. The van der Waals surface area contributed by atoms with Crippen molar-refractivity contribution in [1.29, 1.82) is 0 Å². The third kappa shape index (κ3) is 3.97. The van der Waals surface area contributed by atoms with E-state index in [1.807, 2.05) is 0 Å². The Morgan fingerprint density at radius 1 is 1.29 bits per heavy atom. The Bertz CT molecular complexity index is 767. The number of hydrogen-bond donors (Lipinski definition) is 2. The maximum atomic E-state index is 13.3. The normalized spacial score (nSPS) is 11.5. The Kier molecular flexibility index (Phi) is 5.31. The van der Waals surface area contributed by atoms with Gasteiger partial charge < -0.3 is 15.4 Å². The second kappa shape index (κ2) is 7.40. The fourth-order valence-corrected chi connectivity index (χ4v) is 2.04. The maximum absolute atomic E-state index is 13.3. The molecular formula is C16H16FN3O4. The Labute approximate surface area is 137 Å². The van der Waals surface area contributed by atoms with Crippen LogP contribution >= 0.6 is 0 Å². The van der Waals surface area contributed by atoms with Gasteiger partial charge in [-0.3, -0.25) is 14.9 Å². The van der Waals surface area contributed by atoms with Crippen LogP contribution in [0.4, 0.5) is 21.5 Å². The molecule has 8 heteroatoms. The summed E-state index contributed by atoms with van der Waals surface area (Å²) in [5, 5.41) is 16.2. The minimum Gasteiger partial charge on any atom is -0.495 e. The molecule has 2 N–H and O–H groups in total. The van der Waals surface area contributed by atoms with Crippen molar-refractivity contribution >= 4 is 23.0 Å². The van der Waals surface area contributed by atoms with E-state index in [4.69, 9.17) is 4.74 Å². The van der Waals surface area contributed by atoms with E-state index in [0.717, 1.165) is 12.1 Å². The molecular weight excluding hydrogens is 317 g/mol. The first-order valence-electron chi connectivity index (χ1n) is 7.06. The van der Waals surface area contributed by atoms with Gasteiger partial charge in [0.25, 0.3) is 0 Å². The molecule has 1 atom stereocenters. The van der Waals surface area contributed by atoms with Gasteiger partial charge in [0.1, 0.15) is 11.8 Å². The molecule has 0 unspecified atom stereocenters. The average Bonchev–Trinajstić information content (AvgIpc) is 2.56. The molecule has 126 valence electrons. The third-order valence-corrected chi connectivity index (χ3v) is 3.28. The zero-order valence-electron chi connectivity index (χ0n) is 13.1. The van der Waals surface area contributed by atoms with Gasteiger partial charge in [-0.1, -0.05) is 12.1 Å². The van der Waals surface area contributed by atoms with E-state index in [-0.39, 0.29) is 5.69 Å². The fourth-order valence-electron chi connectivity index (χ4n) is 2.04. The van der Waals surface area contributed by atoms with Crippen molar-refractivity contribution < 1.29 is 18.8 Å². The van der Waals surface area contributed by atoms with Crippen LogP contribution < -0.4 is 15.4 Å². The zero-order chi connectivity index (χ0) is 17.7. The minimum atomic E-state index is -0.960. The number of carbonyl (C=O) groups is 1. The van der Waals surface area contributed by atoms with Crippen molar-refractivity contribution in [3.8, 4) is 5.75 Å². The van der Waals surface area contributed by atoms with Gasteiger partial charge in [0.15, 0.2) is 0 Å². The van der Waals surface area contributed by atoms with Crippen LogP contribution in [0.25, 0.3) is 0 Å². The molecule has 0 aromatic heterocycles. The highest BCUT2D eigenvalue weighted by molar-refractivity contribution is 5.96. The number of halogens is 1. The summed E-state index contributed by atoms with van der Waals surface area (Å²) in [6.07, 6.45) is 0. The number of hydrogen-bond acceptors (Lipinski definition) is 5. The van der Waals surface area contributed by atoms with Crippen molar-refractivity contribution in [1.82, 2.24) is 0 Å². The van der Waals surface area contributed by atoms with Gasteiger partial charge >= 0.3 is 5.69 Å². The number of nitro benzene ring substituents is 1. The lowest BCUT2D eigenvalue weighted by atomic mass is 10.2. The van der Waals surface area contributed by atoms with E-state index in [1.54, 1.807) is 31.2 Å². The van der Waals surface area contributed by atoms with Crippen LogP contribution in [0.2, 0.25) is 0 Å². The number of anilines is 2. The van der Waals surface area contributed by atoms with Crippen molar-refractivity contribution in [2.75, 3.05) is 17.7 Å². The van der Waals surface area contributed by atoms with Gasteiger partial charge in [-0.05, 0) is 31.2 Å². The molecule has 0 heterocycles. The summed E-state index contributed by atoms with van der Waals surface area (Å²) in [6.45, 7) is 1.62. The lowest BCUT2D eigenvalue weighted by Crippen LogP contribution is -2.32. The molecule has 2 aromatic carbocycles. The summed E-state index contributed by atoms with van der Waals surface area (Å²) in [6, 6.07) is 9.61. The van der Waals surface area contributed by atoms with E-state index in [0.29, 0.717) is 11.4 Å². The van der Waals surface area contributed by atoms with Crippen LogP contribution in [0.3, 0.4) is 0 Å². The second-order valence-electron chi connectivity index (χ2n) is 4.98. The van der Waals surface area contributed by atoms with E-state index in [2.05, 4.69) is 10.6 Å². The molecule has 0 radical (unpaired) electrons. The summed E-state index contributed by atoms with van der Waals surface area (Å²) in [7, 11) is 1.52. The standard InChI is InChI=1S/C16H16FN3O4/c1-10(18-13-5-3-4-6-15(13)24-2)16(21)19-11-7-8-12(17)14(9-11)20(22)23/h3-10,18H,1-2H3,(H,19,21)/t10-/m0/s1. The van der Waals surface area contributed by atoms with Crippen LogP contribution in [-0.4, -0.2) is 24.0 Å². The van der Waals surface area contributed by atoms with Crippen molar-refractivity contribution in [2.24, 2.45) is 0 Å². The molecule has 2 aromatic rings. The maximum Gasteiger partial charge on any atom is 0.306 e. The number of carbonyl (C=O) groups excluding carboxylic acids is 1. The first kappa shape index (κ1) is 17.2. The monoisotopic (exact) mass is 333 g/mol. The third-order valence-electron chi connectivity index (χ3n) is 3.28. The molecule has 0 saturated carbocycles. The SMILES string of the molecule is COc1ccccc1N[C@@H](C)C(=O)Nc1ccc(F)c([N+](=O)[O-])c1. The predicted molar refractivity (Wildman–Crippen MR) is 87.8 cm³/mol. The fraction of sp³-hybridized carbons (Fsp3) is 0.188. The van der Waals surface area contributed by atoms with Crippen LogP contribution in [0, 0.1) is 15.9 Å². The van der Waals surface area contributed by atoms with Crippen LogP contribution in [0.1, 0.15) is 6.92 Å². The summed E-state index contributed by atoms with van der Waals surface area (Å²) in [4.78, 5) is 22.1. The van der Waals surface area contributed by atoms with Crippen LogP contribution in [-0.2, 0) is 4.79 Å². The largest absolute Gasteiger partial charge is 0.495 e. The van der Waals surface area contributed by atoms with E-state index in [9.17, 15) is 19.3 Å². The van der Waals surface area contributed by atoms with Crippen molar-refractivity contribution in [3.05, 3.63) is 58.4 Å². The Morgan fingerprint density at radius 3 is 2.67 bits per heavy atom. The van der Waals surface area contributed by atoms with Gasteiger partial charge in [-0.2, -0.15) is 4.39 Å². The molecule has 0 fully saturated rings. The van der Waals surface area contributed by atoms with Gasteiger partial charge in [0.05, 0.1) is 17.7 Å². The Hall–Kier alpha value is -3.16. The number of nitro groups is 1. The van der Waals surface area contributed by atoms with E-state index in [1.165, 1.54) is 13.2 Å². The molecule has 0 saturated heterocycles. The molecule has 0 bridgehead atoms. The smallest absolute Gasteiger partial charge is 0.306 e. The quantitative estimate of drug-likeness (QED) is 0.625. The van der Waals surface area contributed by atoms with Crippen molar-refractivity contribution in [3.63, 3.8) is 0 Å². The Morgan fingerprint density at radius 2 is 2.00 bits per heavy atom. The summed E-state index contributed by atoms with van der Waals surface area (Å²) >= 11 is 0. The second-order valence-corrected chi connectivity index (χ2v) is 4.98. The topological polar surface area (TPSA) is 93.5 Å². The number of amides is 1. The number of rotatable bonds is 6. The molecule has 2 rings (SSSR count). The molecule has 0 aliphatic carbocycles. The van der Waals surface area contributed by atoms with Gasteiger partial charge in [0, 0.05) is 11.8 Å². The van der Waals surface area contributed by atoms with Gasteiger partial charge in [0.2, 0.25) is 11.7 Å². The van der Waals surface area contributed by atoms with Crippen LogP contribution in [0.15, 0.2) is 42.5 Å². The Balaban J connectivity index is 2.09.